The van der Waals surface area contributed by atoms with Crippen LogP contribution in [-0.2, 0) is 13.0 Å². The van der Waals surface area contributed by atoms with Crippen LogP contribution in [0.1, 0.15) is 28.7 Å². The molecule has 0 unspecified atom stereocenters. The fourth-order valence-corrected chi connectivity index (χ4v) is 3.41. The maximum atomic E-state index is 12.2. The zero-order chi connectivity index (χ0) is 16.8. The molecule has 122 valence electrons. The van der Waals surface area contributed by atoms with Gasteiger partial charge in [0, 0.05) is 18.5 Å². The lowest BCUT2D eigenvalue weighted by Gasteiger charge is -2.07. The lowest BCUT2D eigenvalue weighted by Crippen LogP contribution is -2.06. The van der Waals surface area contributed by atoms with E-state index in [1.165, 1.54) is 17.3 Å². The normalized spacial score (nSPS) is 10.7. The van der Waals surface area contributed by atoms with Gasteiger partial charge in [-0.05, 0) is 12.5 Å². The average molecular weight is 337 g/mol. The third-order valence-electron chi connectivity index (χ3n) is 3.74. The molecule has 0 aliphatic rings. The number of thioether (sulfide) groups is 1. The zero-order valence-electron chi connectivity index (χ0n) is 13.6. The Morgan fingerprint density at radius 2 is 1.67 bits per heavy atom. The average Bonchev–Trinajstić information content (AvgIpc) is 3.02. The Labute approximate surface area is 145 Å². The van der Waals surface area contributed by atoms with Gasteiger partial charge in [0.15, 0.2) is 10.9 Å². The van der Waals surface area contributed by atoms with Crippen LogP contribution >= 0.6 is 11.8 Å². The first-order chi connectivity index (χ1) is 11.8. The molecule has 4 nitrogen and oxygen atoms in total. The molecule has 0 fully saturated rings. The molecule has 0 aliphatic carbocycles. The molecule has 24 heavy (non-hydrogen) atoms. The van der Waals surface area contributed by atoms with E-state index < -0.39 is 0 Å². The highest BCUT2D eigenvalue weighted by atomic mass is 32.2. The summed E-state index contributed by atoms with van der Waals surface area (Å²) in [5.41, 5.74) is 1.94. The Morgan fingerprint density at radius 1 is 1.00 bits per heavy atom. The summed E-state index contributed by atoms with van der Waals surface area (Å²) in [7, 11) is 0. The minimum atomic E-state index is 0.107. The largest absolute Gasteiger partial charge is 0.306 e. The molecule has 0 amide bonds. The highest BCUT2D eigenvalue weighted by Gasteiger charge is 2.14. The van der Waals surface area contributed by atoms with E-state index in [2.05, 4.69) is 33.8 Å². The van der Waals surface area contributed by atoms with Crippen molar-refractivity contribution in [2.75, 3.05) is 5.75 Å². The van der Waals surface area contributed by atoms with Gasteiger partial charge < -0.3 is 4.57 Å². The summed E-state index contributed by atoms with van der Waals surface area (Å²) >= 11 is 1.45. The van der Waals surface area contributed by atoms with Crippen LogP contribution in [0.15, 0.2) is 65.8 Å². The molecule has 3 aromatic rings. The van der Waals surface area contributed by atoms with Gasteiger partial charge in [-0.3, -0.25) is 4.79 Å². The predicted molar refractivity (Wildman–Crippen MR) is 96.4 cm³/mol. The molecule has 1 aromatic heterocycles. The van der Waals surface area contributed by atoms with Gasteiger partial charge in [0.1, 0.15) is 5.82 Å². The van der Waals surface area contributed by atoms with Gasteiger partial charge >= 0.3 is 0 Å². The lowest BCUT2D eigenvalue weighted by molar-refractivity contribution is 0.102. The molecule has 3 rings (SSSR count). The van der Waals surface area contributed by atoms with E-state index in [1.54, 1.807) is 0 Å². The molecule has 1 heterocycles. The maximum absolute atomic E-state index is 12.2. The number of nitrogens with zero attached hydrogens (tertiary/aromatic N) is 3. The topological polar surface area (TPSA) is 47.8 Å². The Kier molecular flexibility index (Phi) is 5.43. The van der Waals surface area contributed by atoms with Gasteiger partial charge in [-0.1, -0.05) is 72.4 Å². The number of benzene rings is 2. The van der Waals surface area contributed by atoms with E-state index in [9.17, 15) is 4.79 Å². The highest BCUT2D eigenvalue weighted by Crippen LogP contribution is 2.20. The van der Waals surface area contributed by atoms with Crippen LogP contribution in [0, 0.1) is 0 Å². The Balaban J connectivity index is 1.69. The third-order valence-corrected chi connectivity index (χ3v) is 4.71. The van der Waals surface area contributed by atoms with E-state index in [-0.39, 0.29) is 5.78 Å². The number of aromatic nitrogens is 3. The number of carbonyl (C=O) groups excluding carboxylic acids is 1. The van der Waals surface area contributed by atoms with Gasteiger partial charge in [0.2, 0.25) is 0 Å². The fraction of sp³-hybridized carbons (Fsp3) is 0.211. The quantitative estimate of drug-likeness (QED) is 0.485. The van der Waals surface area contributed by atoms with E-state index in [4.69, 9.17) is 0 Å². The molecular formula is C19H19N3OS. The second kappa shape index (κ2) is 7.93. The molecule has 0 aliphatic heterocycles. The summed E-state index contributed by atoms with van der Waals surface area (Å²) in [6.07, 6.45) is 0.745. The second-order valence-corrected chi connectivity index (χ2v) is 6.33. The highest BCUT2D eigenvalue weighted by molar-refractivity contribution is 7.99. The molecule has 0 bridgehead atoms. The standard InChI is InChI=1S/C19H19N3OS/c1-2-22-18(13-15-9-5-3-6-10-15)20-21-19(22)24-14-17(23)16-11-7-4-8-12-16/h3-12H,2,13-14H2,1H3. The van der Waals surface area contributed by atoms with Gasteiger partial charge in [-0.15, -0.1) is 10.2 Å². The van der Waals surface area contributed by atoms with Gasteiger partial charge in [-0.25, -0.2) is 0 Å². The van der Waals surface area contributed by atoms with Crippen molar-refractivity contribution in [2.45, 2.75) is 25.0 Å². The maximum Gasteiger partial charge on any atom is 0.191 e. The van der Waals surface area contributed by atoms with Crippen LogP contribution in [-0.4, -0.2) is 26.3 Å². The van der Waals surface area contributed by atoms with E-state index in [0.29, 0.717) is 5.75 Å². The van der Waals surface area contributed by atoms with Crippen molar-refractivity contribution in [1.82, 2.24) is 14.8 Å². The van der Waals surface area contributed by atoms with Crippen LogP contribution in [0.2, 0.25) is 0 Å². The Morgan fingerprint density at radius 3 is 2.33 bits per heavy atom. The predicted octanol–water partition coefficient (Wildman–Crippen LogP) is 3.86. The van der Waals surface area contributed by atoms with E-state index >= 15 is 0 Å². The SMILES string of the molecule is CCn1c(Cc2ccccc2)nnc1SCC(=O)c1ccccc1. The van der Waals surface area contributed by atoms with Crippen LogP contribution < -0.4 is 0 Å². The van der Waals surface area contributed by atoms with Crippen molar-refractivity contribution >= 4 is 17.5 Å². The fourth-order valence-electron chi connectivity index (χ4n) is 2.49. The third kappa shape index (κ3) is 3.92. The molecule has 0 N–H and O–H groups in total. The monoisotopic (exact) mass is 337 g/mol. The Bertz CT molecular complexity index is 800. The van der Waals surface area contributed by atoms with Gasteiger partial charge in [0.05, 0.1) is 5.75 Å². The van der Waals surface area contributed by atoms with Crippen LogP contribution in [0.25, 0.3) is 0 Å². The van der Waals surface area contributed by atoms with Crippen molar-refractivity contribution in [3.63, 3.8) is 0 Å². The lowest BCUT2D eigenvalue weighted by atomic mass is 10.1. The molecular weight excluding hydrogens is 318 g/mol. The zero-order valence-corrected chi connectivity index (χ0v) is 14.4. The number of carbonyl (C=O) groups is 1. The minimum Gasteiger partial charge on any atom is -0.306 e. The molecule has 0 radical (unpaired) electrons. The first-order valence-electron chi connectivity index (χ1n) is 7.95. The summed E-state index contributed by atoms with van der Waals surface area (Å²) < 4.78 is 2.08. The summed E-state index contributed by atoms with van der Waals surface area (Å²) in [5, 5.41) is 9.39. The summed E-state index contributed by atoms with van der Waals surface area (Å²) in [4.78, 5) is 12.2. The van der Waals surface area contributed by atoms with Crippen molar-refractivity contribution in [3.05, 3.63) is 77.6 Å². The first-order valence-corrected chi connectivity index (χ1v) is 8.93. The molecule has 0 spiro atoms. The number of hydrogen-bond acceptors (Lipinski definition) is 4. The van der Waals surface area contributed by atoms with Crippen molar-refractivity contribution in [3.8, 4) is 0 Å². The number of Topliss-reactive ketones (excluding diaryl/α,β-unsaturated/α-hetero) is 1. The number of rotatable bonds is 7. The summed E-state index contributed by atoms with van der Waals surface area (Å²) in [6.45, 7) is 2.86. The van der Waals surface area contributed by atoms with Crippen LogP contribution in [0.3, 0.4) is 0 Å². The van der Waals surface area contributed by atoms with Crippen LogP contribution in [0.4, 0.5) is 0 Å². The summed E-state index contributed by atoms with van der Waals surface area (Å²) in [6, 6.07) is 19.6. The second-order valence-electron chi connectivity index (χ2n) is 5.38. The van der Waals surface area contributed by atoms with Crippen molar-refractivity contribution in [1.29, 1.82) is 0 Å². The molecule has 5 heteroatoms. The molecule has 0 saturated carbocycles. The van der Waals surface area contributed by atoms with Crippen molar-refractivity contribution < 1.29 is 4.79 Å². The number of hydrogen-bond donors (Lipinski definition) is 0. The smallest absolute Gasteiger partial charge is 0.191 e. The Hall–Kier alpha value is -2.40. The van der Waals surface area contributed by atoms with Crippen molar-refractivity contribution in [2.24, 2.45) is 0 Å². The summed E-state index contributed by atoms with van der Waals surface area (Å²) in [5.74, 6) is 1.40. The molecule has 0 atom stereocenters. The first kappa shape index (κ1) is 16.5. The van der Waals surface area contributed by atoms with Gasteiger partial charge in [-0.2, -0.15) is 0 Å². The molecule has 0 saturated heterocycles. The van der Waals surface area contributed by atoms with Crippen LogP contribution in [0.5, 0.6) is 0 Å². The molecule has 2 aromatic carbocycles. The van der Waals surface area contributed by atoms with E-state index in [1.807, 2.05) is 48.5 Å². The number of ketones is 1. The van der Waals surface area contributed by atoms with Gasteiger partial charge in [0.25, 0.3) is 0 Å². The van der Waals surface area contributed by atoms with E-state index in [0.717, 1.165) is 29.5 Å². The minimum absolute atomic E-state index is 0.107.